The first-order valence-electron chi connectivity index (χ1n) is 10.00. The second-order valence-corrected chi connectivity index (χ2v) is 10.6. The minimum absolute atomic E-state index is 0.852. The summed E-state index contributed by atoms with van der Waals surface area (Å²) in [6.45, 7) is 1.85. The molecule has 0 fully saturated rings. The highest BCUT2D eigenvalue weighted by Gasteiger charge is 2.22. The van der Waals surface area contributed by atoms with Gasteiger partial charge in [-0.1, -0.05) is 72.8 Å². The van der Waals surface area contributed by atoms with Gasteiger partial charge >= 0.3 is 0 Å². The molecule has 0 radical (unpaired) electrons. The zero-order valence-electron chi connectivity index (χ0n) is 16.5. The van der Waals surface area contributed by atoms with Gasteiger partial charge in [0.25, 0.3) is 0 Å². The molecule has 1 unspecified atom stereocenters. The Hall–Kier alpha value is -3.42. The second-order valence-electron chi connectivity index (χ2n) is 7.77. The Kier molecular flexibility index (Phi) is 3.65. The number of imidazole rings is 1. The Balaban J connectivity index is 1.77. The first-order chi connectivity index (χ1) is 14.6. The number of fused-ring (bicyclic) bond motifs is 8. The molecule has 144 valence electrons. The standard InChI is InChI=1S/C26H19N2OP/c1-30(29,18-9-3-2-4-10-18)19-15-16-20-21-11-5-7-13-24(21)28-25-14-8-6-12-23(25)27-26(28)22(20)17-19/h2-17H,1H3. The monoisotopic (exact) mass is 406 g/mol. The van der Waals surface area contributed by atoms with Crippen molar-refractivity contribution in [1.29, 1.82) is 0 Å². The van der Waals surface area contributed by atoms with Crippen LogP contribution >= 0.6 is 7.14 Å². The fourth-order valence-electron chi connectivity index (χ4n) is 4.43. The molecule has 0 aliphatic carbocycles. The van der Waals surface area contributed by atoms with Crippen LogP contribution in [0.5, 0.6) is 0 Å². The number of pyridine rings is 1. The highest BCUT2D eigenvalue weighted by molar-refractivity contribution is 7.78. The van der Waals surface area contributed by atoms with Crippen LogP contribution in [-0.2, 0) is 4.57 Å². The van der Waals surface area contributed by atoms with Gasteiger partial charge in [-0.3, -0.25) is 4.40 Å². The lowest BCUT2D eigenvalue weighted by atomic mass is 10.1. The number of para-hydroxylation sites is 3. The normalized spacial score (nSPS) is 13.9. The molecule has 6 aromatic rings. The van der Waals surface area contributed by atoms with Crippen LogP contribution in [0.25, 0.3) is 38.4 Å². The lowest BCUT2D eigenvalue weighted by Gasteiger charge is -2.16. The lowest BCUT2D eigenvalue weighted by molar-refractivity contribution is 0.590. The third kappa shape index (κ3) is 2.39. The topological polar surface area (TPSA) is 34.4 Å². The largest absolute Gasteiger partial charge is 0.314 e. The van der Waals surface area contributed by atoms with Crippen LogP contribution in [0.15, 0.2) is 97.1 Å². The molecule has 6 rings (SSSR count). The third-order valence-electron chi connectivity index (χ3n) is 5.98. The van der Waals surface area contributed by atoms with Crippen molar-refractivity contribution in [2.24, 2.45) is 0 Å². The molecule has 0 spiro atoms. The molecule has 0 amide bonds. The number of nitrogens with zero attached hydrogens (tertiary/aromatic N) is 2. The van der Waals surface area contributed by atoms with Gasteiger partial charge in [0.2, 0.25) is 0 Å². The molecule has 0 N–H and O–H groups in total. The van der Waals surface area contributed by atoms with Gasteiger partial charge in [-0.05, 0) is 36.3 Å². The molecule has 0 bridgehead atoms. The minimum Gasteiger partial charge on any atom is -0.314 e. The van der Waals surface area contributed by atoms with Crippen molar-refractivity contribution < 1.29 is 4.57 Å². The third-order valence-corrected chi connectivity index (χ3v) is 8.53. The Labute approximate surface area is 174 Å². The molecular weight excluding hydrogens is 387 g/mol. The Morgan fingerprint density at radius 1 is 0.667 bits per heavy atom. The van der Waals surface area contributed by atoms with Gasteiger partial charge in [-0.15, -0.1) is 0 Å². The maximum atomic E-state index is 13.8. The van der Waals surface area contributed by atoms with Crippen molar-refractivity contribution in [3.63, 3.8) is 0 Å². The predicted molar refractivity (Wildman–Crippen MR) is 127 cm³/mol. The molecule has 1 atom stereocenters. The molecule has 2 aromatic heterocycles. The van der Waals surface area contributed by atoms with Crippen molar-refractivity contribution in [2.75, 3.05) is 6.66 Å². The summed E-state index contributed by atoms with van der Waals surface area (Å²) < 4.78 is 16.0. The number of aromatic nitrogens is 2. The van der Waals surface area contributed by atoms with Crippen molar-refractivity contribution in [3.05, 3.63) is 97.1 Å². The van der Waals surface area contributed by atoms with E-state index < -0.39 is 7.14 Å². The number of hydrogen-bond acceptors (Lipinski definition) is 2. The fraction of sp³-hybridized carbons (Fsp3) is 0.0385. The van der Waals surface area contributed by atoms with Crippen LogP contribution in [0.1, 0.15) is 0 Å². The average Bonchev–Trinajstić information content (AvgIpc) is 3.19. The minimum atomic E-state index is -2.71. The van der Waals surface area contributed by atoms with Gasteiger partial charge < -0.3 is 4.57 Å². The highest BCUT2D eigenvalue weighted by Crippen LogP contribution is 2.41. The maximum absolute atomic E-state index is 13.8. The van der Waals surface area contributed by atoms with Crippen LogP contribution in [0.4, 0.5) is 0 Å². The van der Waals surface area contributed by atoms with Gasteiger partial charge in [0, 0.05) is 21.4 Å². The summed E-state index contributed by atoms with van der Waals surface area (Å²) in [5.41, 5.74) is 4.08. The fourth-order valence-corrected chi connectivity index (χ4v) is 6.20. The highest BCUT2D eigenvalue weighted by atomic mass is 31.2. The van der Waals surface area contributed by atoms with Crippen LogP contribution in [0.3, 0.4) is 0 Å². The van der Waals surface area contributed by atoms with E-state index in [1.165, 1.54) is 5.39 Å². The quantitative estimate of drug-likeness (QED) is 0.272. The van der Waals surface area contributed by atoms with Gasteiger partial charge in [-0.25, -0.2) is 4.98 Å². The van der Waals surface area contributed by atoms with Crippen molar-refractivity contribution in [2.45, 2.75) is 0 Å². The first-order valence-corrected chi connectivity index (χ1v) is 12.2. The van der Waals surface area contributed by atoms with Crippen molar-refractivity contribution >= 4 is 56.1 Å². The van der Waals surface area contributed by atoms with E-state index in [2.05, 4.69) is 46.9 Å². The molecule has 0 saturated carbocycles. The summed E-state index contributed by atoms with van der Waals surface area (Å²) >= 11 is 0. The lowest BCUT2D eigenvalue weighted by Crippen LogP contribution is -2.14. The molecule has 0 saturated heterocycles. The molecule has 0 aliphatic rings. The Morgan fingerprint density at radius 2 is 1.37 bits per heavy atom. The van der Waals surface area contributed by atoms with E-state index in [-0.39, 0.29) is 0 Å². The van der Waals surface area contributed by atoms with Gasteiger partial charge in [0.15, 0.2) is 0 Å². The first kappa shape index (κ1) is 17.4. The van der Waals surface area contributed by atoms with Crippen LogP contribution in [-0.4, -0.2) is 16.0 Å². The Bertz CT molecular complexity index is 1630. The van der Waals surface area contributed by atoms with E-state index in [1.807, 2.05) is 61.3 Å². The number of benzene rings is 4. The maximum Gasteiger partial charge on any atom is 0.146 e. The van der Waals surface area contributed by atoms with Crippen molar-refractivity contribution in [1.82, 2.24) is 9.38 Å². The predicted octanol–water partition coefficient (Wildman–Crippen LogP) is 5.74. The SMILES string of the molecule is CP(=O)(c1ccccc1)c1ccc2c3ccccc3n3c4ccccc4nc3c2c1. The van der Waals surface area contributed by atoms with Gasteiger partial charge in [0.05, 0.1) is 16.6 Å². The Morgan fingerprint density at radius 3 is 2.20 bits per heavy atom. The van der Waals surface area contributed by atoms with Crippen molar-refractivity contribution in [3.8, 4) is 0 Å². The smallest absolute Gasteiger partial charge is 0.146 e. The molecule has 3 nitrogen and oxygen atoms in total. The summed E-state index contributed by atoms with van der Waals surface area (Å²) in [7, 11) is -2.71. The molecule has 4 heteroatoms. The number of rotatable bonds is 2. The molecule has 2 heterocycles. The van der Waals surface area contributed by atoms with E-state index >= 15 is 0 Å². The summed E-state index contributed by atoms with van der Waals surface area (Å²) in [6.07, 6.45) is 0. The summed E-state index contributed by atoms with van der Waals surface area (Å²) in [4.78, 5) is 4.96. The average molecular weight is 406 g/mol. The summed E-state index contributed by atoms with van der Waals surface area (Å²) in [5, 5.41) is 5.05. The summed E-state index contributed by atoms with van der Waals surface area (Å²) in [6, 6.07) is 32.6. The van der Waals surface area contributed by atoms with E-state index in [1.54, 1.807) is 0 Å². The zero-order valence-corrected chi connectivity index (χ0v) is 17.4. The summed E-state index contributed by atoms with van der Waals surface area (Å²) in [5.74, 6) is 0. The van der Waals surface area contributed by atoms with E-state index in [9.17, 15) is 4.57 Å². The van der Waals surface area contributed by atoms with Crippen LogP contribution in [0.2, 0.25) is 0 Å². The van der Waals surface area contributed by atoms with Gasteiger partial charge in [-0.2, -0.15) is 0 Å². The molecule has 30 heavy (non-hydrogen) atoms. The van der Waals surface area contributed by atoms with Crippen LogP contribution < -0.4 is 10.6 Å². The number of hydrogen-bond donors (Lipinski definition) is 0. The zero-order chi connectivity index (χ0) is 20.3. The van der Waals surface area contributed by atoms with Crippen LogP contribution in [0, 0.1) is 0 Å². The molecule has 0 aliphatic heterocycles. The molecule has 4 aromatic carbocycles. The van der Waals surface area contributed by atoms with E-state index in [0.29, 0.717) is 0 Å². The molecular formula is C26H19N2OP. The second kappa shape index (κ2) is 6.29. The van der Waals surface area contributed by atoms with E-state index in [4.69, 9.17) is 4.98 Å². The van der Waals surface area contributed by atoms with Gasteiger partial charge in [0.1, 0.15) is 12.8 Å². The van der Waals surface area contributed by atoms with E-state index in [0.717, 1.165) is 43.6 Å².